The summed E-state index contributed by atoms with van der Waals surface area (Å²) in [7, 11) is 1.69. The first-order valence-corrected chi connectivity index (χ1v) is 7.44. The molecule has 3 nitrogen and oxygen atoms in total. The third-order valence-corrected chi connectivity index (χ3v) is 4.17. The predicted octanol–water partition coefficient (Wildman–Crippen LogP) is 3.96. The Labute approximate surface area is 122 Å². The van der Waals surface area contributed by atoms with Crippen molar-refractivity contribution in [3.05, 3.63) is 52.9 Å². The lowest BCUT2D eigenvalue weighted by Gasteiger charge is -2.10. The molecule has 0 amide bonds. The molecular formula is C16H16N2OS. The number of fused-ring (bicyclic) bond motifs is 1. The van der Waals surface area contributed by atoms with E-state index in [2.05, 4.69) is 33.9 Å². The van der Waals surface area contributed by atoms with Gasteiger partial charge in [-0.1, -0.05) is 18.2 Å². The average Bonchev–Trinajstić information content (AvgIpc) is 3.00. The van der Waals surface area contributed by atoms with Gasteiger partial charge in [0.2, 0.25) is 0 Å². The molecule has 2 heterocycles. The van der Waals surface area contributed by atoms with Gasteiger partial charge in [-0.3, -0.25) is 0 Å². The van der Waals surface area contributed by atoms with Crippen LogP contribution in [0.3, 0.4) is 0 Å². The Morgan fingerprint density at radius 3 is 2.90 bits per heavy atom. The Morgan fingerprint density at radius 1 is 1.15 bits per heavy atom. The number of anilines is 1. The van der Waals surface area contributed by atoms with Crippen LogP contribution in [-0.4, -0.2) is 18.6 Å². The Hall–Kier alpha value is -2.07. The van der Waals surface area contributed by atoms with Gasteiger partial charge in [0.05, 0.1) is 7.11 Å². The van der Waals surface area contributed by atoms with Gasteiger partial charge in [0, 0.05) is 28.4 Å². The van der Waals surface area contributed by atoms with Crippen LogP contribution >= 0.6 is 11.3 Å². The van der Waals surface area contributed by atoms with Crippen molar-refractivity contribution in [2.24, 2.45) is 0 Å². The molecule has 0 saturated carbocycles. The third-order valence-electron chi connectivity index (χ3n) is 3.23. The fourth-order valence-corrected chi connectivity index (χ4v) is 2.97. The second-order valence-electron chi connectivity index (χ2n) is 4.47. The number of thiophene rings is 1. The van der Waals surface area contributed by atoms with Gasteiger partial charge in [-0.15, -0.1) is 11.3 Å². The highest BCUT2D eigenvalue weighted by atomic mass is 32.1. The predicted molar refractivity (Wildman–Crippen MR) is 84.8 cm³/mol. The molecule has 0 aliphatic heterocycles. The molecule has 0 saturated heterocycles. The van der Waals surface area contributed by atoms with Crippen molar-refractivity contribution in [3.63, 3.8) is 0 Å². The third kappa shape index (κ3) is 2.60. The molecule has 1 aromatic carbocycles. The number of benzene rings is 1. The molecule has 0 aliphatic carbocycles. The zero-order chi connectivity index (χ0) is 13.8. The highest BCUT2D eigenvalue weighted by Gasteiger charge is 2.05. The minimum atomic E-state index is 0.879. The molecular weight excluding hydrogens is 268 g/mol. The van der Waals surface area contributed by atoms with E-state index in [9.17, 15) is 0 Å². The first kappa shape index (κ1) is 12.9. The summed E-state index contributed by atoms with van der Waals surface area (Å²) in [6, 6.07) is 12.3. The van der Waals surface area contributed by atoms with Crippen LogP contribution in [-0.2, 0) is 6.42 Å². The van der Waals surface area contributed by atoms with Crippen molar-refractivity contribution in [1.82, 2.24) is 4.98 Å². The van der Waals surface area contributed by atoms with Crippen molar-refractivity contribution in [1.29, 1.82) is 0 Å². The summed E-state index contributed by atoms with van der Waals surface area (Å²) >= 11 is 1.79. The van der Waals surface area contributed by atoms with E-state index < -0.39 is 0 Å². The van der Waals surface area contributed by atoms with Crippen LogP contribution in [0.5, 0.6) is 5.75 Å². The summed E-state index contributed by atoms with van der Waals surface area (Å²) in [5, 5.41) is 7.71. The molecule has 0 spiro atoms. The first-order valence-electron chi connectivity index (χ1n) is 6.56. The van der Waals surface area contributed by atoms with Crippen LogP contribution in [0, 0.1) is 0 Å². The normalized spacial score (nSPS) is 10.7. The molecule has 0 atom stereocenters. The van der Waals surface area contributed by atoms with Gasteiger partial charge in [-0.25, -0.2) is 4.98 Å². The Balaban J connectivity index is 1.81. The Kier molecular flexibility index (Phi) is 3.83. The summed E-state index contributed by atoms with van der Waals surface area (Å²) in [5.41, 5.74) is 0. The van der Waals surface area contributed by atoms with Gasteiger partial charge in [0.15, 0.2) is 0 Å². The van der Waals surface area contributed by atoms with Gasteiger partial charge < -0.3 is 10.1 Å². The highest BCUT2D eigenvalue weighted by molar-refractivity contribution is 7.09. The Morgan fingerprint density at radius 2 is 2.10 bits per heavy atom. The summed E-state index contributed by atoms with van der Waals surface area (Å²) < 4.78 is 5.39. The molecule has 0 unspecified atom stereocenters. The lowest BCUT2D eigenvalue weighted by molar-refractivity contribution is 0.420. The van der Waals surface area contributed by atoms with Crippen LogP contribution in [0.4, 0.5) is 5.82 Å². The minimum absolute atomic E-state index is 0.879. The maximum Gasteiger partial charge on any atom is 0.133 e. The maximum absolute atomic E-state index is 5.39. The first-order chi connectivity index (χ1) is 9.88. The molecule has 3 aromatic rings. The lowest BCUT2D eigenvalue weighted by Crippen LogP contribution is -2.06. The molecule has 102 valence electrons. The van der Waals surface area contributed by atoms with Crippen molar-refractivity contribution >= 4 is 27.9 Å². The zero-order valence-electron chi connectivity index (χ0n) is 11.3. The van der Waals surface area contributed by atoms with Crippen LogP contribution in [0.2, 0.25) is 0 Å². The number of ether oxygens (including phenoxy) is 1. The molecule has 4 heteroatoms. The van der Waals surface area contributed by atoms with E-state index in [1.807, 2.05) is 24.4 Å². The molecule has 0 bridgehead atoms. The average molecular weight is 284 g/mol. The smallest absolute Gasteiger partial charge is 0.133 e. The monoisotopic (exact) mass is 284 g/mol. The zero-order valence-corrected chi connectivity index (χ0v) is 12.1. The standard InChI is InChI=1S/C16H16N2OS/c1-19-15-6-2-5-14-13(15)8-10-18-16(14)17-9-7-12-4-3-11-20-12/h2-6,8,10-11H,7,9H2,1H3,(H,17,18). The van der Waals surface area contributed by atoms with Gasteiger partial charge >= 0.3 is 0 Å². The number of nitrogens with zero attached hydrogens (tertiary/aromatic N) is 1. The van der Waals surface area contributed by atoms with E-state index in [0.717, 1.165) is 35.3 Å². The minimum Gasteiger partial charge on any atom is -0.496 e. The van der Waals surface area contributed by atoms with E-state index in [1.54, 1.807) is 18.4 Å². The number of rotatable bonds is 5. The van der Waals surface area contributed by atoms with Gasteiger partial charge in [0.25, 0.3) is 0 Å². The number of aromatic nitrogens is 1. The fourth-order valence-electron chi connectivity index (χ4n) is 2.26. The molecule has 1 N–H and O–H groups in total. The fraction of sp³-hybridized carbons (Fsp3) is 0.188. The van der Waals surface area contributed by atoms with E-state index in [4.69, 9.17) is 4.74 Å². The number of methoxy groups -OCH3 is 1. The SMILES string of the molecule is COc1cccc2c(NCCc3cccs3)nccc12. The number of hydrogen-bond donors (Lipinski definition) is 1. The molecule has 0 radical (unpaired) electrons. The second kappa shape index (κ2) is 5.92. The maximum atomic E-state index is 5.39. The quantitative estimate of drug-likeness (QED) is 0.770. The van der Waals surface area contributed by atoms with Gasteiger partial charge in [0.1, 0.15) is 11.6 Å². The van der Waals surface area contributed by atoms with Crippen LogP contribution in [0.25, 0.3) is 10.8 Å². The van der Waals surface area contributed by atoms with E-state index >= 15 is 0 Å². The summed E-state index contributed by atoms with van der Waals surface area (Å²) in [6.07, 6.45) is 2.83. The lowest BCUT2D eigenvalue weighted by atomic mass is 10.1. The molecule has 2 aromatic heterocycles. The van der Waals surface area contributed by atoms with Crippen LogP contribution in [0.1, 0.15) is 4.88 Å². The molecule has 0 aliphatic rings. The van der Waals surface area contributed by atoms with Crippen LogP contribution < -0.4 is 10.1 Å². The van der Waals surface area contributed by atoms with E-state index in [-0.39, 0.29) is 0 Å². The van der Waals surface area contributed by atoms with E-state index in [0.29, 0.717) is 0 Å². The topological polar surface area (TPSA) is 34.1 Å². The molecule has 20 heavy (non-hydrogen) atoms. The summed E-state index contributed by atoms with van der Waals surface area (Å²) in [4.78, 5) is 5.82. The number of nitrogens with one attached hydrogen (secondary N) is 1. The van der Waals surface area contributed by atoms with E-state index in [1.165, 1.54) is 4.88 Å². The second-order valence-corrected chi connectivity index (χ2v) is 5.50. The van der Waals surface area contributed by atoms with Crippen molar-refractivity contribution in [3.8, 4) is 5.75 Å². The Bertz CT molecular complexity index is 695. The van der Waals surface area contributed by atoms with Gasteiger partial charge in [-0.05, 0) is 30.0 Å². The number of hydrogen-bond acceptors (Lipinski definition) is 4. The van der Waals surface area contributed by atoms with Crippen molar-refractivity contribution < 1.29 is 4.74 Å². The summed E-state index contributed by atoms with van der Waals surface area (Å²) in [6.45, 7) is 0.879. The number of pyridine rings is 1. The van der Waals surface area contributed by atoms with Gasteiger partial charge in [-0.2, -0.15) is 0 Å². The highest BCUT2D eigenvalue weighted by Crippen LogP contribution is 2.28. The van der Waals surface area contributed by atoms with Crippen molar-refractivity contribution in [2.45, 2.75) is 6.42 Å². The van der Waals surface area contributed by atoms with Crippen molar-refractivity contribution in [2.75, 3.05) is 19.0 Å². The molecule has 3 rings (SSSR count). The van der Waals surface area contributed by atoms with Crippen LogP contribution in [0.15, 0.2) is 48.0 Å². The largest absolute Gasteiger partial charge is 0.496 e. The molecule has 0 fully saturated rings. The summed E-state index contributed by atoms with van der Waals surface area (Å²) in [5.74, 6) is 1.80.